The van der Waals surface area contributed by atoms with Gasteiger partial charge < -0.3 is 54.0 Å². The van der Waals surface area contributed by atoms with Crippen LogP contribution in [0.1, 0.15) is 5.56 Å². The van der Waals surface area contributed by atoms with Crippen LogP contribution in [0.15, 0.2) is 76.0 Å². The van der Waals surface area contributed by atoms with Gasteiger partial charge in [-0.15, -0.1) is 0 Å². The molecule has 1 aliphatic rings. The number of hydrogen-bond acceptors (Lipinski definition) is 13. The van der Waals surface area contributed by atoms with E-state index in [9.17, 15) is 40.2 Å². The van der Waals surface area contributed by atoms with E-state index < -0.39 is 54.5 Å². The van der Waals surface area contributed by atoms with E-state index in [1.54, 1.807) is 12.1 Å². The average molecular weight is 609 g/mol. The third-order valence-corrected chi connectivity index (χ3v) is 6.88. The second-order valence-electron chi connectivity index (χ2n) is 9.84. The highest BCUT2D eigenvalue weighted by molar-refractivity contribution is 5.89. The number of carbonyl (C=O) groups is 1. The molecule has 1 saturated heterocycles. The lowest BCUT2D eigenvalue weighted by Gasteiger charge is -2.40. The first kappa shape index (κ1) is 30.4. The number of carbonyl (C=O) groups excluding carboxylic acids is 1. The van der Waals surface area contributed by atoms with Crippen LogP contribution in [0.4, 0.5) is 0 Å². The quantitative estimate of drug-likeness (QED) is 0.125. The fourth-order valence-corrected chi connectivity index (χ4v) is 4.55. The van der Waals surface area contributed by atoms with Crippen molar-refractivity contribution >= 4 is 23.0 Å². The first-order valence-electron chi connectivity index (χ1n) is 13.2. The molecule has 5 atom stereocenters. The Bertz CT molecular complexity index is 1730. The second-order valence-corrected chi connectivity index (χ2v) is 9.84. The van der Waals surface area contributed by atoms with E-state index in [0.29, 0.717) is 11.1 Å². The van der Waals surface area contributed by atoms with Crippen molar-refractivity contribution in [2.45, 2.75) is 30.7 Å². The van der Waals surface area contributed by atoms with Crippen LogP contribution < -0.4 is 14.9 Å². The lowest BCUT2D eigenvalue weighted by molar-refractivity contribution is -0.278. The molecule has 230 valence electrons. The van der Waals surface area contributed by atoms with Gasteiger partial charge in [0.25, 0.3) is 0 Å². The topological polar surface area (TPSA) is 206 Å². The minimum atomic E-state index is -1.80. The van der Waals surface area contributed by atoms with Crippen molar-refractivity contribution in [3.63, 3.8) is 0 Å². The summed E-state index contributed by atoms with van der Waals surface area (Å²) >= 11 is 0. The van der Waals surface area contributed by atoms with Crippen LogP contribution in [0, 0.1) is 0 Å². The molecule has 6 N–H and O–H groups in total. The summed E-state index contributed by atoms with van der Waals surface area (Å²) in [5.41, 5.74) is 0.341. The number of esters is 1. The highest BCUT2D eigenvalue weighted by Gasteiger charge is 2.46. The molecule has 0 spiro atoms. The number of benzene rings is 3. The number of ether oxygens (including phenoxy) is 4. The summed E-state index contributed by atoms with van der Waals surface area (Å²) in [6, 6.07) is 14.3. The number of rotatable bonds is 8. The fraction of sp³-hybridized carbons (Fsp3) is 0.226. The second kappa shape index (κ2) is 12.7. The van der Waals surface area contributed by atoms with Gasteiger partial charge in [0.15, 0.2) is 16.9 Å². The number of methoxy groups -OCH3 is 1. The first-order chi connectivity index (χ1) is 21.0. The summed E-state index contributed by atoms with van der Waals surface area (Å²) in [6.07, 6.45) is -5.71. The molecule has 0 bridgehead atoms. The SMILES string of the molecule is COc1c(O[C@H]2O[C@H](COC(=O)C=Cc3ccc(O)cc3)[C@@H](O)[C@@H](O)[C@@H]2O)cc2oc(-c3ccc(O)cc3)cc(=O)c2c1O. The van der Waals surface area contributed by atoms with Crippen molar-refractivity contribution in [3.05, 3.63) is 82.5 Å². The van der Waals surface area contributed by atoms with E-state index in [2.05, 4.69) is 0 Å². The third kappa shape index (κ3) is 6.31. The van der Waals surface area contributed by atoms with Crippen molar-refractivity contribution in [1.82, 2.24) is 0 Å². The number of aliphatic hydroxyl groups is 3. The number of fused-ring (bicyclic) bond motifs is 1. The molecule has 0 radical (unpaired) electrons. The van der Waals surface area contributed by atoms with Gasteiger partial charge in [-0.25, -0.2) is 4.79 Å². The Kier molecular flexibility index (Phi) is 8.73. The van der Waals surface area contributed by atoms with Crippen LogP contribution in [0.2, 0.25) is 0 Å². The minimum absolute atomic E-state index is 0.00640. The maximum Gasteiger partial charge on any atom is 0.330 e. The van der Waals surface area contributed by atoms with Crippen LogP contribution in [-0.4, -0.2) is 81.0 Å². The highest BCUT2D eigenvalue weighted by Crippen LogP contribution is 2.43. The minimum Gasteiger partial charge on any atom is -0.508 e. The Hall–Kier alpha value is -5.08. The summed E-state index contributed by atoms with van der Waals surface area (Å²) in [6.45, 7) is -0.533. The maximum absolute atomic E-state index is 12.9. The molecule has 2 heterocycles. The molecule has 0 amide bonds. The van der Waals surface area contributed by atoms with Crippen LogP contribution in [0.3, 0.4) is 0 Å². The van der Waals surface area contributed by atoms with E-state index >= 15 is 0 Å². The number of phenols is 3. The van der Waals surface area contributed by atoms with Gasteiger partial charge in [0.05, 0.1) is 7.11 Å². The van der Waals surface area contributed by atoms with Crippen LogP contribution in [0.25, 0.3) is 28.4 Å². The van der Waals surface area contributed by atoms with Gasteiger partial charge in [0, 0.05) is 23.8 Å². The summed E-state index contributed by atoms with van der Waals surface area (Å²) in [5, 5.41) is 61.1. The zero-order chi connectivity index (χ0) is 31.5. The molecule has 13 heteroatoms. The van der Waals surface area contributed by atoms with E-state index in [4.69, 9.17) is 23.4 Å². The predicted octanol–water partition coefficient (Wildman–Crippen LogP) is 2.03. The summed E-state index contributed by atoms with van der Waals surface area (Å²) in [7, 11) is 1.20. The molecule has 0 aliphatic carbocycles. The lowest BCUT2D eigenvalue weighted by Crippen LogP contribution is -2.60. The number of aliphatic hydroxyl groups excluding tert-OH is 3. The summed E-state index contributed by atoms with van der Waals surface area (Å²) in [4.78, 5) is 25.2. The van der Waals surface area contributed by atoms with Gasteiger partial charge in [-0.3, -0.25) is 4.79 Å². The smallest absolute Gasteiger partial charge is 0.330 e. The summed E-state index contributed by atoms with van der Waals surface area (Å²) < 4.78 is 27.6. The molecule has 1 aliphatic heterocycles. The van der Waals surface area contributed by atoms with E-state index in [0.717, 1.165) is 12.1 Å². The van der Waals surface area contributed by atoms with E-state index in [-0.39, 0.29) is 39.7 Å². The van der Waals surface area contributed by atoms with Gasteiger partial charge in [-0.2, -0.15) is 0 Å². The molecule has 5 rings (SSSR count). The van der Waals surface area contributed by atoms with Gasteiger partial charge >= 0.3 is 5.97 Å². The van der Waals surface area contributed by atoms with Crippen molar-refractivity contribution in [2.24, 2.45) is 0 Å². The Morgan fingerprint density at radius 3 is 2.23 bits per heavy atom. The molecule has 0 saturated carbocycles. The Balaban J connectivity index is 1.37. The molecule has 4 aromatic rings. The van der Waals surface area contributed by atoms with Crippen molar-refractivity contribution in [2.75, 3.05) is 13.7 Å². The van der Waals surface area contributed by atoms with Gasteiger partial charge in [0.1, 0.15) is 59.3 Å². The van der Waals surface area contributed by atoms with Crippen molar-refractivity contribution < 1.29 is 58.8 Å². The molecule has 1 fully saturated rings. The maximum atomic E-state index is 12.9. The van der Waals surface area contributed by atoms with Gasteiger partial charge in [-0.05, 0) is 48.0 Å². The molecular formula is C31H28O13. The largest absolute Gasteiger partial charge is 0.508 e. The average Bonchev–Trinajstić information content (AvgIpc) is 3.00. The van der Waals surface area contributed by atoms with E-state index in [1.807, 2.05) is 0 Å². The van der Waals surface area contributed by atoms with E-state index in [1.165, 1.54) is 55.7 Å². The predicted molar refractivity (Wildman–Crippen MR) is 153 cm³/mol. The Morgan fingerprint density at radius 1 is 0.909 bits per heavy atom. The Labute approximate surface area is 249 Å². The molecule has 3 aromatic carbocycles. The normalized spacial score (nSPS) is 21.8. The fourth-order valence-electron chi connectivity index (χ4n) is 4.55. The third-order valence-electron chi connectivity index (χ3n) is 6.88. The molecular weight excluding hydrogens is 580 g/mol. The van der Waals surface area contributed by atoms with Crippen molar-refractivity contribution in [1.29, 1.82) is 0 Å². The number of phenolic OH excluding ortho intramolecular Hbond substituents is 3. The Morgan fingerprint density at radius 2 is 1.57 bits per heavy atom. The molecule has 13 nitrogen and oxygen atoms in total. The number of hydrogen-bond donors (Lipinski definition) is 6. The van der Waals surface area contributed by atoms with Crippen LogP contribution in [-0.2, 0) is 14.3 Å². The zero-order valence-electron chi connectivity index (χ0n) is 23.1. The molecule has 1 aromatic heterocycles. The first-order valence-corrected chi connectivity index (χ1v) is 13.2. The standard InChI is InChI=1S/C31H28O13/c1-40-30-22(13-21-25(27(30)37)19(34)12-20(42-21)16-5-9-18(33)10-6-16)43-31-29(39)28(38)26(36)23(44-31)14-41-24(35)11-4-15-2-7-17(32)8-3-15/h2-13,23,26,28-29,31-33,36-39H,14H2,1H3/t23-,26-,28-,29+,31+/m1/s1. The van der Waals surface area contributed by atoms with Crippen LogP contribution in [0.5, 0.6) is 28.7 Å². The van der Waals surface area contributed by atoms with Gasteiger partial charge in [0.2, 0.25) is 12.0 Å². The summed E-state index contributed by atoms with van der Waals surface area (Å²) in [5.74, 6) is -1.79. The number of aromatic hydroxyl groups is 3. The monoisotopic (exact) mass is 608 g/mol. The molecule has 0 unspecified atom stereocenters. The van der Waals surface area contributed by atoms with Crippen LogP contribution >= 0.6 is 0 Å². The van der Waals surface area contributed by atoms with Gasteiger partial charge in [-0.1, -0.05) is 12.1 Å². The van der Waals surface area contributed by atoms with Crippen molar-refractivity contribution in [3.8, 4) is 40.1 Å². The highest BCUT2D eigenvalue weighted by atomic mass is 16.7. The molecule has 44 heavy (non-hydrogen) atoms. The zero-order valence-corrected chi connectivity index (χ0v) is 23.1. The lowest BCUT2D eigenvalue weighted by atomic mass is 9.99.